The van der Waals surface area contributed by atoms with Crippen molar-refractivity contribution >= 4 is 11.6 Å². The molecule has 0 spiro atoms. The number of benzene rings is 1. The number of halogens is 3. The molecule has 1 saturated heterocycles. The van der Waals surface area contributed by atoms with E-state index in [0.717, 1.165) is 44.6 Å². The van der Waals surface area contributed by atoms with Crippen molar-refractivity contribution in [1.82, 2.24) is 14.5 Å². The van der Waals surface area contributed by atoms with Gasteiger partial charge in [-0.2, -0.15) is 13.2 Å². The van der Waals surface area contributed by atoms with Crippen molar-refractivity contribution in [2.75, 3.05) is 25.0 Å². The van der Waals surface area contributed by atoms with Gasteiger partial charge >= 0.3 is 6.18 Å². The van der Waals surface area contributed by atoms with Crippen LogP contribution in [0.3, 0.4) is 0 Å². The Hall–Kier alpha value is -2.35. The molecule has 0 atom stereocenters. The molecule has 2 heterocycles. The van der Waals surface area contributed by atoms with Gasteiger partial charge < -0.3 is 9.88 Å². The summed E-state index contributed by atoms with van der Waals surface area (Å²) in [7, 11) is 0. The number of imidazole rings is 1. The smallest absolute Gasteiger partial charge is 0.337 e. The molecule has 5 nitrogen and oxygen atoms in total. The molecule has 0 aliphatic carbocycles. The van der Waals surface area contributed by atoms with Crippen molar-refractivity contribution in [3.8, 4) is 0 Å². The third kappa shape index (κ3) is 5.08. The van der Waals surface area contributed by atoms with E-state index in [1.54, 1.807) is 12.5 Å². The highest BCUT2D eigenvalue weighted by molar-refractivity contribution is 5.92. The van der Waals surface area contributed by atoms with E-state index in [1.807, 2.05) is 11.1 Å². The van der Waals surface area contributed by atoms with Crippen LogP contribution in [0.4, 0.5) is 18.9 Å². The predicted octanol–water partition coefficient (Wildman–Crippen LogP) is 3.25. The number of nitrogens with one attached hydrogen (secondary N) is 1. The van der Waals surface area contributed by atoms with Crippen LogP contribution in [0.5, 0.6) is 0 Å². The molecule has 1 aliphatic rings. The summed E-state index contributed by atoms with van der Waals surface area (Å²) in [6.45, 7) is 2.71. The van der Waals surface area contributed by atoms with Crippen LogP contribution in [0, 0.1) is 5.92 Å². The van der Waals surface area contributed by atoms with Gasteiger partial charge in [0.25, 0.3) is 0 Å². The molecule has 8 heteroatoms. The van der Waals surface area contributed by atoms with Crippen LogP contribution in [0.25, 0.3) is 0 Å². The van der Waals surface area contributed by atoms with Gasteiger partial charge in [0.05, 0.1) is 18.4 Å². The van der Waals surface area contributed by atoms with E-state index in [0.29, 0.717) is 5.92 Å². The summed E-state index contributed by atoms with van der Waals surface area (Å²) in [6.07, 6.45) is 3.04. The first kappa shape index (κ1) is 18.4. The Morgan fingerprint density at radius 3 is 2.69 bits per heavy atom. The highest BCUT2D eigenvalue weighted by Gasteiger charge is 2.30. The first-order valence-corrected chi connectivity index (χ1v) is 8.55. The van der Waals surface area contributed by atoms with Crippen molar-refractivity contribution in [3.05, 3.63) is 48.5 Å². The van der Waals surface area contributed by atoms with E-state index in [9.17, 15) is 18.0 Å². The molecule has 26 heavy (non-hydrogen) atoms. The molecule has 1 amide bonds. The highest BCUT2D eigenvalue weighted by Crippen LogP contribution is 2.30. The summed E-state index contributed by atoms with van der Waals surface area (Å²) >= 11 is 0. The van der Waals surface area contributed by atoms with E-state index < -0.39 is 11.7 Å². The standard InChI is InChI=1S/C18H21F3N4O/c19-18(20,21)15-2-1-3-16(10-15)23-17(26)12-24-7-4-14(5-8-24)11-25-9-6-22-13-25/h1-3,6,9-10,13-14H,4-5,7-8,11-12H2,(H,23,26). The lowest BCUT2D eigenvalue weighted by Gasteiger charge is -2.31. The second-order valence-electron chi connectivity index (χ2n) is 6.61. The summed E-state index contributed by atoms with van der Waals surface area (Å²) in [5.41, 5.74) is -0.601. The molecule has 2 aromatic rings. The molecule has 0 unspecified atom stereocenters. The lowest BCUT2D eigenvalue weighted by molar-refractivity contribution is -0.137. The second kappa shape index (κ2) is 7.90. The minimum atomic E-state index is -4.42. The Kier molecular flexibility index (Phi) is 5.61. The Labute approximate surface area is 149 Å². The van der Waals surface area contributed by atoms with Gasteiger partial charge in [0.1, 0.15) is 0 Å². The van der Waals surface area contributed by atoms with Crippen LogP contribution < -0.4 is 5.32 Å². The number of alkyl halides is 3. The van der Waals surface area contributed by atoms with Gasteiger partial charge in [-0.25, -0.2) is 4.98 Å². The lowest BCUT2D eigenvalue weighted by atomic mass is 9.97. The van der Waals surface area contributed by atoms with Gasteiger partial charge in [0, 0.05) is 24.6 Å². The zero-order chi connectivity index (χ0) is 18.6. The fourth-order valence-corrected chi connectivity index (χ4v) is 3.20. The number of piperidine rings is 1. The Bertz CT molecular complexity index is 722. The van der Waals surface area contributed by atoms with Gasteiger partial charge in [-0.1, -0.05) is 6.07 Å². The third-order valence-electron chi connectivity index (χ3n) is 4.58. The second-order valence-corrected chi connectivity index (χ2v) is 6.61. The molecule has 1 aliphatic heterocycles. The molecule has 0 bridgehead atoms. The summed E-state index contributed by atoms with van der Waals surface area (Å²) in [4.78, 5) is 18.2. The molecule has 1 fully saturated rings. The number of rotatable bonds is 5. The average Bonchev–Trinajstić information content (AvgIpc) is 3.09. The minimum absolute atomic E-state index is 0.166. The largest absolute Gasteiger partial charge is 0.416 e. The lowest BCUT2D eigenvalue weighted by Crippen LogP contribution is -2.39. The fourth-order valence-electron chi connectivity index (χ4n) is 3.20. The molecular weight excluding hydrogens is 345 g/mol. The average molecular weight is 366 g/mol. The molecule has 3 rings (SSSR count). The van der Waals surface area contributed by atoms with Gasteiger partial charge in [-0.3, -0.25) is 9.69 Å². The van der Waals surface area contributed by atoms with Crippen molar-refractivity contribution in [2.45, 2.75) is 25.6 Å². The summed E-state index contributed by atoms with van der Waals surface area (Å²) in [6, 6.07) is 4.69. The van der Waals surface area contributed by atoms with Crippen LogP contribution in [0.15, 0.2) is 43.0 Å². The molecule has 1 aromatic heterocycles. The van der Waals surface area contributed by atoms with Crippen molar-refractivity contribution < 1.29 is 18.0 Å². The van der Waals surface area contributed by atoms with E-state index in [4.69, 9.17) is 0 Å². The molecule has 1 N–H and O–H groups in total. The van der Waals surface area contributed by atoms with Crippen LogP contribution in [-0.2, 0) is 17.5 Å². The summed E-state index contributed by atoms with van der Waals surface area (Å²) in [5.74, 6) is 0.254. The maximum atomic E-state index is 12.7. The first-order chi connectivity index (χ1) is 12.4. The van der Waals surface area contributed by atoms with Gasteiger partial charge in [0.2, 0.25) is 5.91 Å². The molecule has 140 valence electrons. The van der Waals surface area contributed by atoms with E-state index in [1.165, 1.54) is 12.1 Å². The zero-order valence-electron chi connectivity index (χ0n) is 14.2. The van der Waals surface area contributed by atoms with E-state index in [-0.39, 0.29) is 18.1 Å². The quantitative estimate of drug-likeness (QED) is 0.884. The molecule has 1 aromatic carbocycles. The van der Waals surface area contributed by atoms with Crippen LogP contribution in [0.2, 0.25) is 0 Å². The molecule has 0 saturated carbocycles. The number of hydrogen-bond acceptors (Lipinski definition) is 3. The SMILES string of the molecule is O=C(CN1CCC(Cn2ccnc2)CC1)Nc1cccc(C(F)(F)F)c1. The Morgan fingerprint density at radius 2 is 2.04 bits per heavy atom. The van der Waals surface area contributed by atoms with Crippen LogP contribution in [0.1, 0.15) is 18.4 Å². The number of hydrogen-bond donors (Lipinski definition) is 1. The van der Waals surface area contributed by atoms with E-state index >= 15 is 0 Å². The van der Waals surface area contributed by atoms with Gasteiger partial charge in [-0.05, 0) is 50.0 Å². The maximum absolute atomic E-state index is 12.7. The number of nitrogens with zero attached hydrogens (tertiary/aromatic N) is 3. The number of carbonyl (C=O) groups excluding carboxylic acids is 1. The van der Waals surface area contributed by atoms with Crippen molar-refractivity contribution in [1.29, 1.82) is 0 Å². The van der Waals surface area contributed by atoms with Gasteiger partial charge in [-0.15, -0.1) is 0 Å². The first-order valence-electron chi connectivity index (χ1n) is 8.55. The zero-order valence-corrected chi connectivity index (χ0v) is 14.2. The maximum Gasteiger partial charge on any atom is 0.416 e. The normalized spacial score (nSPS) is 16.6. The topological polar surface area (TPSA) is 50.2 Å². The van der Waals surface area contributed by atoms with Crippen LogP contribution >= 0.6 is 0 Å². The molecular formula is C18H21F3N4O. The number of amides is 1. The number of carbonyl (C=O) groups is 1. The predicted molar refractivity (Wildman–Crippen MR) is 91.5 cm³/mol. The summed E-state index contributed by atoms with van der Waals surface area (Å²) in [5, 5.41) is 2.56. The van der Waals surface area contributed by atoms with Crippen molar-refractivity contribution in [3.63, 3.8) is 0 Å². The fraction of sp³-hybridized carbons (Fsp3) is 0.444. The van der Waals surface area contributed by atoms with E-state index in [2.05, 4.69) is 14.9 Å². The monoisotopic (exact) mass is 366 g/mol. The van der Waals surface area contributed by atoms with Crippen molar-refractivity contribution in [2.24, 2.45) is 5.92 Å². The molecule has 0 radical (unpaired) electrons. The Morgan fingerprint density at radius 1 is 1.27 bits per heavy atom. The highest BCUT2D eigenvalue weighted by atomic mass is 19.4. The van der Waals surface area contributed by atoms with Gasteiger partial charge in [0.15, 0.2) is 0 Å². The number of likely N-dealkylation sites (tertiary alicyclic amines) is 1. The van der Waals surface area contributed by atoms with Crippen LogP contribution in [-0.4, -0.2) is 40.0 Å². The Balaban J connectivity index is 1.46. The third-order valence-corrected chi connectivity index (χ3v) is 4.58. The minimum Gasteiger partial charge on any atom is -0.337 e. The number of anilines is 1. The number of aromatic nitrogens is 2. The summed E-state index contributed by atoms with van der Waals surface area (Å²) < 4.78 is 40.2.